The highest BCUT2D eigenvalue weighted by Gasteiger charge is 2.19. The smallest absolute Gasteiger partial charge is 0.191 e. The Morgan fingerprint density at radius 2 is 1.77 bits per heavy atom. The van der Waals surface area contributed by atoms with Gasteiger partial charge < -0.3 is 25.2 Å². The maximum absolute atomic E-state index is 5.20. The zero-order valence-corrected chi connectivity index (χ0v) is 19.2. The minimum Gasteiger partial charge on any atom is -0.383 e. The summed E-state index contributed by atoms with van der Waals surface area (Å²) >= 11 is 0. The van der Waals surface area contributed by atoms with Gasteiger partial charge in [0.2, 0.25) is 0 Å². The van der Waals surface area contributed by atoms with Crippen molar-refractivity contribution < 1.29 is 4.74 Å². The number of benzene rings is 1. The number of nitrogens with zero attached hydrogens (tertiary/aromatic N) is 3. The van der Waals surface area contributed by atoms with Gasteiger partial charge in [0.05, 0.1) is 13.2 Å². The summed E-state index contributed by atoms with van der Waals surface area (Å²) in [4.78, 5) is 9.84. The van der Waals surface area contributed by atoms with Gasteiger partial charge in [-0.05, 0) is 56.2 Å². The number of ether oxygens (including phenoxy) is 1. The second-order valence-corrected chi connectivity index (χ2v) is 8.78. The summed E-state index contributed by atoms with van der Waals surface area (Å²) in [5, 5.41) is 7.05. The molecule has 2 aliphatic heterocycles. The highest BCUT2D eigenvalue weighted by Crippen LogP contribution is 2.23. The Labute approximate surface area is 183 Å². The summed E-state index contributed by atoms with van der Waals surface area (Å²) in [7, 11) is 1.77. The van der Waals surface area contributed by atoms with Crippen LogP contribution in [0.25, 0.3) is 0 Å². The van der Waals surface area contributed by atoms with E-state index in [2.05, 4.69) is 58.5 Å². The SMILES string of the molecule is CCNC(=NCc1ccc(N2CCC(C)CC2)cc1)NC1CCN(CCOC)CC1. The molecule has 0 aromatic heterocycles. The van der Waals surface area contributed by atoms with Crippen LogP contribution in [0.5, 0.6) is 0 Å². The molecule has 6 nitrogen and oxygen atoms in total. The van der Waals surface area contributed by atoms with Crippen LogP contribution >= 0.6 is 0 Å². The van der Waals surface area contributed by atoms with Crippen molar-refractivity contribution in [3.8, 4) is 0 Å². The molecular formula is C24H41N5O. The van der Waals surface area contributed by atoms with E-state index in [0.29, 0.717) is 12.6 Å². The lowest BCUT2D eigenvalue weighted by atomic mass is 9.99. The average molecular weight is 416 g/mol. The van der Waals surface area contributed by atoms with E-state index in [1.54, 1.807) is 7.11 Å². The lowest BCUT2D eigenvalue weighted by molar-refractivity contribution is 0.128. The van der Waals surface area contributed by atoms with Crippen molar-refractivity contribution in [1.29, 1.82) is 0 Å². The van der Waals surface area contributed by atoms with E-state index in [-0.39, 0.29) is 0 Å². The van der Waals surface area contributed by atoms with Crippen LogP contribution in [-0.4, -0.2) is 69.9 Å². The van der Waals surface area contributed by atoms with Gasteiger partial charge in [-0.1, -0.05) is 19.1 Å². The largest absolute Gasteiger partial charge is 0.383 e. The lowest BCUT2D eigenvalue weighted by Gasteiger charge is -2.33. The van der Waals surface area contributed by atoms with Crippen molar-refractivity contribution in [2.24, 2.45) is 10.9 Å². The van der Waals surface area contributed by atoms with E-state index in [1.807, 2.05) is 0 Å². The van der Waals surface area contributed by atoms with Gasteiger partial charge in [0, 0.05) is 58.1 Å². The molecular weight excluding hydrogens is 374 g/mol. The number of hydrogen-bond donors (Lipinski definition) is 2. The van der Waals surface area contributed by atoms with Crippen LogP contribution in [-0.2, 0) is 11.3 Å². The van der Waals surface area contributed by atoms with Crippen LogP contribution in [0.1, 0.15) is 45.1 Å². The first-order valence-electron chi connectivity index (χ1n) is 11.8. The van der Waals surface area contributed by atoms with Crippen LogP contribution in [0.15, 0.2) is 29.3 Å². The second-order valence-electron chi connectivity index (χ2n) is 8.78. The fourth-order valence-electron chi connectivity index (χ4n) is 4.28. The molecule has 1 aromatic carbocycles. The molecule has 0 spiro atoms. The molecule has 0 amide bonds. The summed E-state index contributed by atoms with van der Waals surface area (Å²) in [5.74, 6) is 1.80. The molecule has 2 saturated heterocycles. The fraction of sp³-hybridized carbons (Fsp3) is 0.708. The van der Waals surface area contributed by atoms with E-state index in [9.17, 15) is 0 Å². The molecule has 0 saturated carbocycles. The van der Waals surface area contributed by atoms with Crippen molar-refractivity contribution in [1.82, 2.24) is 15.5 Å². The molecule has 1 aromatic rings. The maximum Gasteiger partial charge on any atom is 0.191 e. The van der Waals surface area contributed by atoms with Crippen molar-refractivity contribution in [3.63, 3.8) is 0 Å². The number of nitrogens with one attached hydrogen (secondary N) is 2. The van der Waals surface area contributed by atoms with Crippen LogP contribution in [0.4, 0.5) is 5.69 Å². The van der Waals surface area contributed by atoms with E-state index in [0.717, 1.165) is 57.5 Å². The number of piperidine rings is 2. The van der Waals surface area contributed by atoms with Crippen LogP contribution in [0, 0.1) is 5.92 Å². The van der Waals surface area contributed by atoms with Crippen molar-refractivity contribution in [2.75, 3.05) is 57.9 Å². The third kappa shape index (κ3) is 7.17. The maximum atomic E-state index is 5.20. The standard InChI is InChI=1S/C24H41N5O/c1-4-25-24(27-22-11-13-28(14-12-22)17-18-30-3)26-19-21-5-7-23(8-6-21)29-15-9-20(2)10-16-29/h5-8,20,22H,4,9-19H2,1-3H3,(H2,25,26,27). The molecule has 0 bridgehead atoms. The minimum absolute atomic E-state index is 0.491. The van der Waals surface area contributed by atoms with E-state index < -0.39 is 0 Å². The van der Waals surface area contributed by atoms with Gasteiger partial charge in [-0.3, -0.25) is 0 Å². The van der Waals surface area contributed by atoms with E-state index in [1.165, 1.54) is 37.2 Å². The van der Waals surface area contributed by atoms with Crippen molar-refractivity contribution in [2.45, 2.75) is 52.1 Å². The summed E-state index contributed by atoms with van der Waals surface area (Å²) in [6.45, 7) is 12.5. The zero-order chi connectivity index (χ0) is 21.2. The summed E-state index contributed by atoms with van der Waals surface area (Å²) in [6.07, 6.45) is 4.90. The predicted molar refractivity (Wildman–Crippen MR) is 126 cm³/mol. The van der Waals surface area contributed by atoms with Crippen LogP contribution < -0.4 is 15.5 Å². The number of methoxy groups -OCH3 is 1. The van der Waals surface area contributed by atoms with E-state index in [4.69, 9.17) is 9.73 Å². The van der Waals surface area contributed by atoms with Gasteiger partial charge in [0.15, 0.2) is 5.96 Å². The number of likely N-dealkylation sites (tertiary alicyclic amines) is 1. The van der Waals surface area contributed by atoms with Gasteiger partial charge >= 0.3 is 0 Å². The second kappa shape index (κ2) is 12.2. The summed E-state index contributed by atoms with van der Waals surface area (Å²) in [5.41, 5.74) is 2.61. The third-order valence-electron chi connectivity index (χ3n) is 6.39. The molecule has 2 aliphatic rings. The molecule has 30 heavy (non-hydrogen) atoms. The van der Waals surface area contributed by atoms with Crippen LogP contribution in [0.2, 0.25) is 0 Å². The molecule has 168 valence electrons. The molecule has 2 fully saturated rings. The number of anilines is 1. The molecule has 2 heterocycles. The first kappa shape index (κ1) is 22.9. The molecule has 0 unspecified atom stereocenters. The first-order chi connectivity index (χ1) is 14.7. The minimum atomic E-state index is 0.491. The average Bonchev–Trinajstić information content (AvgIpc) is 2.78. The quantitative estimate of drug-likeness (QED) is 0.505. The highest BCUT2D eigenvalue weighted by atomic mass is 16.5. The monoisotopic (exact) mass is 415 g/mol. The number of guanidine groups is 1. The normalized spacial score (nSPS) is 19.8. The molecule has 0 atom stereocenters. The first-order valence-corrected chi connectivity index (χ1v) is 11.8. The highest BCUT2D eigenvalue weighted by molar-refractivity contribution is 5.80. The fourth-order valence-corrected chi connectivity index (χ4v) is 4.28. The number of rotatable bonds is 8. The third-order valence-corrected chi connectivity index (χ3v) is 6.39. The van der Waals surface area contributed by atoms with E-state index >= 15 is 0 Å². The van der Waals surface area contributed by atoms with Crippen molar-refractivity contribution >= 4 is 11.6 Å². The molecule has 2 N–H and O–H groups in total. The molecule has 0 aliphatic carbocycles. The van der Waals surface area contributed by atoms with Gasteiger partial charge in [-0.2, -0.15) is 0 Å². The van der Waals surface area contributed by atoms with Crippen molar-refractivity contribution in [3.05, 3.63) is 29.8 Å². The zero-order valence-electron chi connectivity index (χ0n) is 19.2. The van der Waals surface area contributed by atoms with Crippen LogP contribution in [0.3, 0.4) is 0 Å². The van der Waals surface area contributed by atoms with Gasteiger partial charge in [0.1, 0.15) is 0 Å². The Bertz CT molecular complexity index is 632. The molecule has 6 heteroatoms. The lowest BCUT2D eigenvalue weighted by Crippen LogP contribution is -2.49. The molecule has 3 rings (SSSR count). The summed E-state index contributed by atoms with van der Waals surface area (Å²) < 4.78 is 5.20. The predicted octanol–water partition coefficient (Wildman–Crippen LogP) is 3.09. The Balaban J connectivity index is 1.48. The Kier molecular flexibility index (Phi) is 9.27. The Morgan fingerprint density at radius 3 is 2.40 bits per heavy atom. The Morgan fingerprint density at radius 1 is 1.07 bits per heavy atom. The van der Waals surface area contributed by atoms with Gasteiger partial charge in [-0.25, -0.2) is 4.99 Å². The van der Waals surface area contributed by atoms with Gasteiger partial charge in [0.25, 0.3) is 0 Å². The van der Waals surface area contributed by atoms with Gasteiger partial charge in [-0.15, -0.1) is 0 Å². The number of hydrogen-bond acceptors (Lipinski definition) is 4. The molecule has 0 radical (unpaired) electrons. The summed E-state index contributed by atoms with van der Waals surface area (Å²) in [6, 6.07) is 9.47. The number of aliphatic imine (C=N–C) groups is 1. The topological polar surface area (TPSA) is 52.1 Å². The Hall–Kier alpha value is -1.79.